The van der Waals surface area contributed by atoms with E-state index in [0.29, 0.717) is 23.7 Å². The lowest BCUT2D eigenvalue weighted by Crippen LogP contribution is -2.39. The zero-order valence-corrected chi connectivity index (χ0v) is 13.2. The molecule has 0 unspecified atom stereocenters. The monoisotopic (exact) mass is 310 g/mol. The highest BCUT2D eigenvalue weighted by atomic mass is 16.7. The summed E-state index contributed by atoms with van der Waals surface area (Å²) in [4.78, 5) is 12.2. The van der Waals surface area contributed by atoms with Gasteiger partial charge in [0.2, 0.25) is 5.79 Å². The molecule has 2 aromatic carbocycles. The van der Waals surface area contributed by atoms with Crippen LogP contribution < -0.4 is 9.47 Å². The number of hydrogen-bond donors (Lipinski definition) is 0. The maximum atomic E-state index is 12.2. The van der Waals surface area contributed by atoms with Gasteiger partial charge in [0, 0.05) is 13.8 Å². The van der Waals surface area contributed by atoms with Crippen LogP contribution in [0.15, 0.2) is 49.0 Å². The minimum absolute atomic E-state index is 0.328. The fourth-order valence-corrected chi connectivity index (χ4v) is 2.39. The van der Waals surface area contributed by atoms with Crippen LogP contribution in [0.5, 0.6) is 11.5 Å². The fourth-order valence-electron chi connectivity index (χ4n) is 2.39. The summed E-state index contributed by atoms with van der Waals surface area (Å²) in [6.07, 6.45) is 1.79. The number of esters is 1. The van der Waals surface area contributed by atoms with Crippen LogP contribution in [-0.2, 0) is 11.3 Å². The smallest absolute Gasteiger partial charge is 0.349 e. The number of fused-ring (bicyclic) bond motifs is 1. The summed E-state index contributed by atoms with van der Waals surface area (Å²) >= 11 is 0. The van der Waals surface area contributed by atoms with Gasteiger partial charge in [-0.2, -0.15) is 0 Å². The Morgan fingerprint density at radius 3 is 2.57 bits per heavy atom. The highest BCUT2D eigenvalue weighted by Crippen LogP contribution is 2.37. The van der Waals surface area contributed by atoms with Gasteiger partial charge in [-0.15, -0.1) is 0 Å². The minimum Gasteiger partial charge on any atom is -0.488 e. The Bertz CT molecular complexity index is 744. The molecule has 0 amide bonds. The molecule has 0 saturated heterocycles. The summed E-state index contributed by atoms with van der Waals surface area (Å²) in [5.74, 6) is -0.473. The third-order valence-corrected chi connectivity index (χ3v) is 3.50. The van der Waals surface area contributed by atoms with Crippen molar-refractivity contribution in [3.8, 4) is 11.5 Å². The predicted molar refractivity (Wildman–Crippen MR) is 87.4 cm³/mol. The Balaban J connectivity index is 1.81. The number of hydrogen-bond acceptors (Lipinski definition) is 4. The summed E-state index contributed by atoms with van der Waals surface area (Å²) in [7, 11) is 0. The lowest BCUT2D eigenvalue weighted by atomic mass is 10.1. The van der Waals surface area contributed by atoms with Crippen molar-refractivity contribution in [2.24, 2.45) is 0 Å². The zero-order chi connectivity index (χ0) is 16.4. The molecule has 118 valence electrons. The Kier molecular flexibility index (Phi) is 3.82. The van der Waals surface area contributed by atoms with Gasteiger partial charge >= 0.3 is 5.97 Å². The fraction of sp³-hybridized carbons (Fsp3) is 0.211. The summed E-state index contributed by atoms with van der Waals surface area (Å²) in [6, 6.07) is 13.1. The minimum atomic E-state index is -0.969. The lowest BCUT2D eigenvalue weighted by molar-refractivity contribution is -0.127. The zero-order valence-electron chi connectivity index (χ0n) is 13.2. The molecule has 3 rings (SSSR count). The van der Waals surface area contributed by atoms with Crippen LogP contribution in [-0.4, -0.2) is 11.8 Å². The molecule has 0 aliphatic carbocycles. The van der Waals surface area contributed by atoms with Crippen LogP contribution in [0.1, 0.15) is 35.3 Å². The Morgan fingerprint density at radius 1 is 1.13 bits per heavy atom. The number of cyclic esters (lactones) is 1. The maximum Gasteiger partial charge on any atom is 0.349 e. The van der Waals surface area contributed by atoms with Crippen molar-refractivity contribution in [3.05, 3.63) is 65.7 Å². The van der Waals surface area contributed by atoms with Crippen molar-refractivity contribution in [1.82, 2.24) is 0 Å². The summed E-state index contributed by atoms with van der Waals surface area (Å²) in [5, 5.41) is 0. The first-order valence-electron chi connectivity index (χ1n) is 7.38. The van der Waals surface area contributed by atoms with E-state index < -0.39 is 11.8 Å². The lowest BCUT2D eigenvalue weighted by Gasteiger charge is -2.32. The molecule has 0 bridgehead atoms. The average Bonchev–Trinajstić information content (AvgIpc) is 2.51. The molecule has 0 saturated carbocycles. The van der Waals surface area contributed by atoms with Gasteiger partial charge < -0.3 is 14.2 Å². The summed E-state index contributed by atoms with van der Waals surface area (Å²) < 4.78 is 16.7. The molecule has 4 heteroatoms. The SMILES string of the molecule is C=Cc1ccc(COc2cccc3c2C(=O)OC(C)(C)O3)cc1. The largest absolute Gasteiger partial charge is 0.488 e. The quantitative estimate of drug-likeness (QED) is 0.794. The first-order valence-corrected chi connectivity index (χ1v) is 7.38. The molecular weight excluding hydrogens is 292 g/mol. The van der Waals surface area contributed by atoms with E-state index in [1.807, 2.05) is 24.3 Å². The average molecular weight is 310 g/mol. The number of rotatable bonds is 4. The topological polar surface area (TPSA) is 44.8 Å². The number of benzene rings is 2. The highest BCUT2D eigenvalue weighted by molar-refractivity contribution is 5.96. The van der Waals surface area contributed by atoms with Gasteiger partial charge in [0.1, 0.15) is 23.7 Å². The van der Waals surface area contributed by atoms with Crippen molar-refractivity contribution < 1.29 is 19.0 Å². The molecule has 1 aliphatic heterocycles. The Hall–Kier alpha value is -2.75. The van der Waals surface area contributed by atoms with Gasteiger partial charge in [-0.25, -0.2) is 4.79 Å². The van der Waals surface area contributed by atoms with Gasteiger partial charge in [-0.3, -0.25) is 0 Å². The van der Waals surface area contributed by atoms with Crippen molar-refractivity contribution in [1.29, 1.82) is 0 Å². The van der Waals surface area contributed by atoms with Crippen LogP contribution in [0.3, 0.4) is 0 Å². The Morgan fingerprint density at radius 2 is 1.87 bits per heavy atom. The van der Waals surface area contributed by atoms with Gasteiger partial charge in [0.15, 0.2) is 0 Å². The van der Waals surface area contributed by atoms with E-state index >= 15 is 0 Å². The van der Waals surface area contributed by atoms with Crippen molar-refractivity contribution in [2.75, 3.05) is 0 Å². The molecule has 2 aromatic rings. The van der Waals surface area contributed by atoms with Crippen molar-refractivity contribution in [2.45, 2.75) is 26.2 Å². The van der Waals surface area contributed by atoms with Crippen molar-refractivity contribution >= 4 is 12.0 Å². The normalized spacial score (nSPS) is 15.1. The third kappa shape index (κ3) is 3.21. The van der Waals surface area contributed by atoms with Crippen LogP contribution in [0.2, 0.25) is 0 Å². The predicted octanol–water partition coefficient (Wildman–Crippen LogP) is 4.19. The molecule has 0 N–H and O–H groups in total. The third-order valence-electron chi connectivity index (χ3n) is 3.50. The second kappa shape index (κ2) is 5.80. The molecule has 4 nitrogen and oxygen atoms in total. The van der Waals surface area contributed by atoms with E-state index in [1.165, 1.54) is 0 Å². The molecule has 0 aromatic heterocycles. The highest BCUT2D eigenvalue weighted by Gasteiger charge is 2.36. The number of carbonyl (C=O) groups excluding carboxylic acids is 1. The van der Waals surface area contributed by atoms with E-state index in [9.17, 15) is 4.79 Å². The molecule has 1 aliphatic rings. The van der Waals surface area contributed by atoms with Crippen LogP contribution in [0, 0.1) is 0 Å². The van der Waals surface area contributed by atoms with E-state index in [4.69, 9.17) is 14.2 Å². The maximum absolute atomic E-state index is 12.2. The number of carbonyl (C=O) groups is 1. The van der Waals surface area contributed by atoms with Crippen molar-refractivity contribution in [3.63, 3.8) is 0 Å². The second-order valence-corrected chi connectivity index (χ2v) is 5.76. The number of ether oxygens (including phenoxy) is 3. The molecule has 0 radical (unpaired) electrons. The molecule has 0 spiro atoms. The van der Waals surface area contributed by atoms with Gasteiger partial charge in [0.25, 0.3) is 0 Å². The van der Waals surface area contributed by atoms with Crippen LogP contribution in [0.4, 0.5) is 0 Å². The molecule has 0 atom stereocenters. The van der Waals surface area contributed by atoms with E-state index in [2.05, 4.69) is 6.58 Å². The van der Waals surface area contributed by atoms with Gasteiger partial charge in [-0.1, -0.05) is 43.0 Å². The second-order valence-electron chi connectivity index (χ2n) is 5.76. The molecule has 23 heavy (non-hydrogen) atoms. The van der Waals surface area contributed by atoms with E-state index in [-0.39, 0.29) is 0 Å². The first-order chi connectivity index (χ1) is 11.0. The Labute approximate surface area is 135 Å². The molecular formula is C19H18O4. The van der Waals surface area contributed by atoms with Crippen LogP contribution >= 0.6 is 0 Å². The van der Waals surface area contributed by atoms with E-state index in [0.717, 1.165) is 11.1 Å². The standard InChI is InChI=1S/C19H18O4/c1-4-13-8-10-14(11-9-13)12-21-15-6-5-7-16-17(15)18(20)23-19(2,3)22-16/h4-11H,1,12H2,2-3H3. The molecule has 1 heterocycles. The molecule has 0 fully saturated rings. The van der Waals surface area contributed by atoms with Crippen LogP contribution in [0.25, 0.3) is 6.08 Å². The van der Waals surface area contributed by atoms with Gasteiger partial charge in [0.05, 0.1) is 0 Å². The first kappa shape index (κ1) is 15.2. The summed E-state index contributed by atoms with van der Waals surface area (Å²) in [5.41, 5.74) is 2.37. The van der Waals surface area contributed by atoms with E-state index in [1.54, 1.807) is 38.1 Å². The summed E-state index contributed by atoms with van der Waals surface area (Å²) in [6.45, 7) is 7.47. The van der Waals surface area contributed by atoms with Gasteiger partial charge in [-0.05, 0) is 23.3 Å².